The summed E-state index contributed by atoms with van der Waals surface area (Å²) in [4.78, 5) is 13.2. The van der Waals surface area contributed by atoms with E-state index >= 15 is 0 Å². The quantitative estimate of drug-likeness (QED) is 0.788. The van der Waals surface area contributed by atoms with Crippen LogP contribution in [0.4, 0.5) is 10.1 Å². The van der Waals surface area contributed by atoms with Crippen molar-refractivity contribution in [2.24, 2.45) is 5.73 Å². The molecule has 0 radical (unpaired) electrons. The van der Waals surface area contributed by atoms with E-state index in [2.05, 4.69) is 5.32 Å². The molecule has 0 spiro atoms. The fourth-order valence-corrected chi connectivity index (χ4v) is 1.83. The van der Waals surface area contributed by atoms with Crippen LogP contribution in [0.5, 0.6) is 0 Å². The number of likely N-dealkylation sites (N-methyl/N-ethyl adjacent to an activating group) is 1. The molecule has 5 heteroatoms. The first-order chi connectivity index (χ1) is 8.56. The number of carbonyl (C=O) groups is 1. The lowest BCUT2D eigenvalue weighted by atomic mass is 10.2. The fraction of sp³-hybridized carbons (Fsp3) is 0.462. The zero-order valence-corrected chi connectivity index (χ0v) is 10.4. The molecule has 3 N–H and O–H groups in total. The van der Waals surface area contributed by atoms with E-state index in [1.807, 2.05) is 11.9 Å². The van der Waals surface area contributed by atoms with Crippen LogP contribution in [0.2, 0.25) is 0 Å². The third-order valence-electron chi connectivity index (χ3n) is 3.08. The number of amides is 1. The number of rotatable bonds is 6. The Labute approximate surface area is 106 Å². The Kier molecular flexibility index (Phi) is 3.81. The lowest BCUT2D eigenvalue weighted by molar-refractivity contribution is -0.119. The molecular formula is C13H18FN3O. The maximum atomic E-state index is 12.8. The van der Waals surface area contributed by atoms with Gasteiger partial charge in [0.1, 0.15) is 11.9 Å². The van der Waals surface area contributed by atoms with E-state index in [9.17, 15) is 9.18 Å². The number of nitrogens with two attached hydrogens (primary N) is 1. The van der Waals surface area contributed by atoms with Crippen molar-refractivity contribution in [3.63, 3.8) is 0 Å². The number of benzene rings is 1. The van der Waals surface area contributed by atoms with Crippen LogP contribution in [-0.2, 0) is 4.79 Å². The van der Waals surface area contributed by atoms with Gasteiger partial charge < -0.3 is 16.0 Å². The molecule has 1 saturated carbocycles. The molecule has 0 saturated heterocycles. The average molecular weight is 251 g/mol. The second kappa shape index (κ2) is 5.35. The predicted molar refractivity (Wildman–Crippen MR) is 68.8 cm³/mol. The maximum absolute atomic E-state index is 12.8. The molecule has 1 aromatic carbocycles. The number of halogens is 1. The minimum absolute atomic E-state index is 0.269. The molecule has 1 fully saturated rings. The van der Waals surface area contributed by atoms with Gasteiger partial charge in [-0.25, -0.2) is 4.39 Å². The molecule has 1 aliphatic carbocycles. The van der Waals surface area contributed by atoms with E-state index in [1.54, 1.807) is 12.1 Å². The standard InChI is InChI=1S/C13H18FN3O/c1-17(11-6-2-9(14)3-7-11)8-12(13(15)18)16-10-4-5-10/h2-3,6-7,10,12,16H,4-5,8H2,1H3,(H2,15,18). The average Bonchev–Trinajstić information content (AvgIpc) is 3.12. The monoisotopic (exact) mass is 251 g/mol. The van der Waals surface area contributed by atoms with Crippen LogP contribution >= 0.6 is 0 Å². The third kappa shape index (κ3) is 3.43. The van der Waals surface area contributed by atoms with Crippen molar-refractivity contribution in [3.05, 3.63) is 30.1 Å². The van der Waals surface area contributed by atoms with Gasteiger partial charge >= 0.3 is 0 Å². The highest BCUT2D eigenvalue weighted by Gasteiger charge is 2.27. The summed E-state index contributed by atoms with van der Waals surface area (Å²) in [6.07, 6.45) is 2.20. The number of nitrogens with zero attached hydrogens (tertiary/aromatic N) is 1. The topological polar surface area (TPSA) is 58.4 Å². The summed E-state index contributed by atoms with van der Waals surface area (Å²) in [5.74, 6) is -0.620. The highest BCUT2D eigenvalue weighted by molar-refractivity contribution is 5.80. The van der Waals surface area contributed by atoms with Crippen molar-refractivity contribution < 1.29 is 9.18 Å². The van der Waals surface area contributed by atoms with Crippen LogP contribution in [-0.4, -0.2) is 31.6 Å². The summed E-state index contributed by atoms with van der Waals surface area (Å²) in [7, 11) is 1.86. The Morgan fingerprint density at radius 1 is 1.50 bits per heavy atom. The van der Waals surface area contributed by atoms with Crippen molar-refractivity contribution in [2.75, 3.05) is 18.5 Å². The minimum atomic E-state index is -0.368. The van der Waals surface area contributed by atoms with E-state index in [1.165, 1.54) is 12.1 Å². The second-order valence-electron chi connectivity index (χ2n) is 4.75. The molecule has 1 amide bonds. The summed E-state index contributed by atoms with van der Waals surface area (Å²) in [5.41, 5.74) is 6.24. The Morgan fingerprint density at radius 2 is 2.11 bits per heavy atom. The van der Waals surface area contributed by atoms with Crippen LogP contribution in [0.25, 0.3) is 0 Å². The van der Waals surface area contributed by atoms with Gasteiger partial charge in [0, 0.05) is 25.3 Å². The first-order valence-corrected chi connectivity index (χ1v) is 6.08. The first kappa shape index (κ1) is 12.8. The Balaban J connectivity index is 1.96. The summed E-state index contributed by atoms with van der Waals surface area (Å²) in [5, 5.41) is 3.21. The molecule has 98 valence electrons. The van der Waals surface area contributed by atoms with Gasteiger partial charge in [0.2, 0.25) is 5.91 Å². The summed E-state index contributed by atoms with van der Waals surface area (Å²) >= 11 is 0. The fourth-order valence-electron chi connectivity index (χ4n) is 1.83. The van der Waals surface area contributed by atoms with Gasteiger partial charge in [0.15, 0.2) is 0 Å². The normalized spacial score (nSPS) is 16.3. The highest BCUT2D eigenvalue weighted by atomic mass is 19.1. The van der Waals surface area contributed by atoms with Crippen molar-refractivity contribution in [2.45, 2.75) is 24.9 Å². The van der Waals surface area contributed by atoms with Gasteiger partial charge in [0.25, 0.3) is 0 Å². The van der Waals surface area contributed by atoms with Gasteiger partial charge in [-0.1, -0.05) is 0 Å². The highest BCUT2D eigenvalue weighted by Crippen LogP contribution is 2.20. The number of nitrogens with one attached hydrogen (secondary N) is 1. The van der Waals surface area contributed by atoms with Gasteiger partial charge in [-0.2, -0.15) is 0 Å². The Hall–Kier alpha value is -1.62. The van der Waals surface area contributed by atoms with Crippen LogP contribution in [0.1, 0.15) is 12.8 Å². The molecule has 1 aliphatic rings. The molecule has 18 heavy (non-hydrogen) atoms. The van der Waals surface area contributed by atoms with Gasteiger partial charge in [-0.3, -0.25) is 4.79 Å². The van der Waals surface area contributed by atoms with E-state index in [4.69, 9.17) is 5.73 Å². The molecule has 0 aromatic heterocycles. The van der Waals surface area contributed by atoms with E-state index in [0.29, 0.717) is 12.6 Å². The van der Waals surface area contributed by atoms with Crippen molar-refractivity contribution in [3.8, 4) is 0 Å². The van der Waals surface area contributed by atoms with Gasteiger partial charge in [0.05, 0.1) is 0 Å². The summed E-state index contributed by atoms with van der Waals surface area (Å²) in [6.45, 7) is 0.484. The molecule has 1 atom stereocenters. The lowest BCUT2D eigenvalue weighted by Gasteiger charge is -2.24. The Morgan fingerprint density at radius 3 is 2.61 bits per heavy atom. The summed E-state index contributed by atoms with van der Waals surface area (Å²) in [6, 6.07) is 6.23. The zero-order chi connectivity index (χ0) is 13.1. The van der Waals surface area contributed by atoms with Crippen LogP contribution in [0.3, 0.4) is 0 Å². The van der Waals surface area contributed by atoms with Gasteiger partial charge in [-0.15, -0.1) is 0 Å². The molecule has 2 rings (SSSR count). The van der Waals surface area contributed by atoms with E-state index in [-0.39, 0.29) is 17.8 Å². The van der Waals surface area contributed by atoms with Crippen molar-refractivity contribution >= 4 is 11.6 Å². The molecule has 1 aromatic rings. The van der Waals surface area contributed by atoms with Gasteiger partial charge in [-0.05, 0) is 37.1 Å². The first-order valence-electron chi connectivity index (χ1n) is 6.08. The molecule has 4 nitrogen and oxygen atoms in total. The smallest absolute Gasteiger partial charge is 0.236 e. The maximum Gasteiger partial charge on any atom is 0.236 e. The Bertz CT molecular complexity index is 417. The molecule has 0 bridgehead atoms. The zero-order valence-electron chi connectivity index (χ0n) is 10.4. The lowest BCUT2D eigenvalue weighted by Crippen LogP contribution is -2.49. The molecule has 0 aliphatic heterocycles. The molecule has 1 unspecified atom stereocenters. The van der Waals surface area contributed by atoms with E-state index < -0.39 is 0 Å². The minimum Gasteiger partial charge on any atom is -0.372 e. The third-order valence-corrected chi connectivity index (χ3v) is 3.08. The SMILES string of the molecule is CN(CC(NC1CC1)C(N)=O)c1ccc(F)cc1. The summed E-state index contributed by atoms with van der Waals surface area (Å²) < 4.78 is 12.8. The number of hydrogen-bond donors (Lipinski definition) is 2. The van der Waals surface area contributed by atoms with E-state index in [0.717, 1.165) is 18.5 Å². The molecular weight excluding hydrogens is 233 g/mol. The van der Waals surface area contributed by atoms with Crippen LogP contribution in [0, 0.1) is 5.82 Å². The number of carbonyl (C=O) groups excluding carboxylic acids is 1. The number of anilines is 1. The molecule has 0 heterocycles. The van der Waals surface area contributed by atoms with Crippen LogP contribution in [0.15, 0.2) is 24.3 Å². The van der Waals surface area contributed by atoms with Crippen LogP contribution < -0.4 is 16.0 Å². The second-order valence-corrected chi connectivity index (χ2v) is 4.75. The van der Waals surface area contributed by atoms with Crippen molar-refractivity contribution in [1.82, 2.24) is 5.32 Å². The number of hydrogen-bond acceptors (Lipinski definition) is 3. The van der Waals surface area contributed by atoms with Crippen molar-refractivity contribution in [1.29, 1.82) is 0 Å². The number of primary amides is 1. The predicted octanol–water partition coefficient (Wildman–Crippen LogP) is 0.868. The largest absolute Gasteiger partial charge is 0.372 e.